The third-order valence-electron chi connectivity index (χ3n) is 10.5. The monoisotopic (exact) mass is 828 g/mol. The Balaban J connectivity index is 1.01. The molecule has 324 valence electrons. The summed E-state index contributed by atoms with van der Waals surface area (Å²) in [6.07, 6.45) is 11.0. The smallest absolute Gasteiger partial charge is 0.328 e. The first-order valence-electron chi connectivity index (χ1n) is 21.9. The number of hydrogen-bond acceptors (Lipinski definition) is 6. The topological polar surface area (TPSA) is 143 Å². The van der Waals surface area contributed by atoms with Crippen LogP contribution in [0.4, 0.5) is 0 Å². The van der Waals surface area contributed by atoms with Crippen molar-refractivity contribution < 1.29 is 28.7 Å². The average molecular weight is 829 g/mol. The normalized spacial score (nSPS) is 11.7. The molecule has 0 aliphatic heterocycles. The van der Waals surface area contributed by atoms with Gasteiger partial charge in [0.1, 0.15) is 12.6 Å². The highest BCUT2D eigenvalue weighted by Crippen LogP contribution is 2.26. The summed E-state index contributed by atoms with van der Waals surface area (Å²) in [4.78, 5) is 63.3. The molecule has 10 heteroatoms. The Hall–Kier alpha value is -6.03. The van der Waals surface area contributed by atoms with Crippen LogP contribution >= 0.6 is 0 Å². The number of benzene rings is 4. The fraction of sp³-hybridized carbons (Fsp3) is 0.392. The molecule has 0 radical (unpaired) electrons. The first-order valence-corrected chi connectivity index (χ1v) is 21.9. The van der Waals surface area contributed by atoms with Crippen molar-refractivity contribution in [3.05, 3.63) is 156 Å². The number of carbonyl (C=O) groups excluding carboxylic acids is 5. The highest BCUT2D eigenvalue weighted by atomic mass is 16.5. The summed E-state index contributed by atoms with van der Waals surface area (Å²) >= 11 is 0. The van der Waals surface area contributed by atoms with E-state index < -0.39 is 17.9 Å². The third-order valence-corrected chi connectivity index (χ3v) is 10.5. The highest BCUT2D eigenvalue weighted by molar-refractivity contribution is 5.96. The summed E-state index contributed by atoms with van der Waals surface area (Å²) in [6.45, 7) is 4.87. The number of ether oxygens (including phenoxy) is 1. The van der Waals surface area contributed by atoms with Crippen molar-refractivity contribution in [3.8, 4) is 0 Å². The summed E-state index contributed by atoms with van der Waals surface area (Å²) in [5.74, 6) is -1.70. The van der Waals surface area contributed by atoms with Crippen LogP contribution in [0.15, 0.2) is 133 Å². The van der Waals surface area contributed by atoms with Gasteiger partial charge in [0.25, 0.3) is 0 Å². The van der Waals surface area contributed by atoms with Crippen LogP contribution in [0.1, 0.15) is 112 Å². The number of hydrogen-bond donors (Lipinski definition) is 4. The molecular formula is C51H64N4O6. The lowest BCUT2D eigenvalue weighted by atomic mass is 9.91. The molecule has 4 aromatic carbocycles. The SMILES string of the molecule is CC(C)C[C@H](NC(=O)CNC(=O)CCCCCCCCCCNC(=O)/C=C\C(=O)NCC(c1ccccc1)c1ccccc1)C(=O)OCC(c1ccccc1)c1ccccc1. The second-order valence-electron chi connectivity index (χ2n) is 15.9. The Morgan fingerprint density at radius 2 is 0.967 bits per heavy atom. The van der Waals surface area contributed by atoms with Crippen LogP contribution in [-0.4, -0.2) is 61.9 Å². The maximum absolute atomic E-state index is 13.2. The van der Waals surface area contributed by atoms with Crippen molar-refractivity contribution in [2.45, 2.75) is 95.9 Å². The molecule has 0 aliphatic carbocycles. The first-order chi connectivity index (χ1) is 29.7. The molecule has 4 amide bonds. The summed E-state index contributed by atoms with van der Waals surface area (Å²) < 4.78 is 5.80. The van der Waals surface area contributed by atoms with Crippen LogP contribution in [-0.2, 0) is 28.7 Å². The van der Waals surface area contributed by atoms with Crippen molar-refractivity contribution in [3.63, 3.8) is 0 Å². The van der Waals surface area contributed by atoms with Gasteiger partial charge in [-0.2, -0.15) is 0 Å². The molecule has 10 nitrogen and oxygen atoms in total. The van der Waals surface area contributed by atoms with E-state index in [0.717, 1.165) is 73.6 Å². The van der Waals surface area contributed by atoms with Crippen LogP contribution in [0.2, 0.25) is 0 Å². The molecule has 4 N–H and O–H groups in total. The van der Waals surface area contributed by atoms with Gasteiger partial charge in [0, 0.05) is 43.5 Å². The zero-order valence-corrected chi connectivity index (χ0v) is 35.9. The van der Waals surface area contributed by atoms with Crippen molar-refractivity contribution in [2.24, 2.45) is 5.92 Å². The van der Waals surface area contributed by atoms with Gasteiger partial charge in [0.2, 0.25) is 23.6 Å². The van der Waals surface area contributed by atoms with Crippen molar-refractivity contribution in [2.75, 3.05) is 26.2 Å². The van der Waals surface area contributed by atoms with Gasteiger partial charge in [-0.3, -0.25) is 19.2 Å². The van der Waals surface area contributed by atoms with E-state index in [0.29, 0.717) is 25.9 Å². The lowest BCUT2D eigenvalue weighted by molar-refractivity contribution is -0.148. The van der Waals surface area contributed by atoms with Gasteiger partial charge in [-0.1, -0.05) is 174 Å². The van der Waals surface area contributed by atoms with Crippen molar-refractivity contribution in [1.29, 1.82) is 0 Å². The first kappa shape index (κ1) is 47.6. The molecule has 0 bridgehead atoms. The maximum Gasteiger partial charge on any atom is 0.328 e. The number of unbranched alkanes of at least 4 members (excludes halogenated alkanes) is 7. The lowest BCUT2D eigenvalue weighted by Crippen LogP contribution is -2.47. The molecular weight excluding hydrogens is 765 g/mol. The molecule has 4 aromatic rings. The quantitative estimate of drug-likeness (QED) is 0.0272. The van der Waals surface area contributed by atoms with Crippen LogP contribution in [0.3, 0.4) is 0 Å². The average Bonchev–Trinajstić information content (AvgIpc) is 3.28. The van der Waals surface area contributed by atoms with Gasteiger partial charge in [0.15, 0.2) is 0 Å². The summed E-state index contributed by atoms with van der Waals surface area (Å²) in [5, 5.41) is 11.3. The van der Waals surface area contributed by atoms with E-state index in [1.165, 1.54) is 12.2 Å². The van der Waals surface area contributed by atoms with Gasteiger partial charge in [-0.25, -0.2) is 4.79 Å². The summed E-state index contributed by atoms with van der Waals surface area (Å²) in [7, 11) is 0. The Morgan fingerprint density at radius 1 is 0.525 bits per heavy atom. The van der Waals surface area contributed by atoms with E-state index in [9.17, 15) is 24.0 Å². The van der Waals surface area contributed by atoms with Gasteiger partial charge in [-0.15, -0.1) is 0 Å². The maximum atomic E-state index is 13.2. The molecule has 61 heavy (non-hydrogen) atoms. The van der Waals surface area contributed by atoms with Gasteiger partial charge >= 0.3 is 5.97 Å². The predicted octanol–water partition coefficient (Wildman–Crippen LogP) is 8.14. The summed E-state index contributed by atoms with van der Waals surface area (Å²) in [5.41, 5.74) is 4.29. The number of rotatable bonds is 27. The van der Waals surface area contributed by atoms with E-state index in [1.54, 1.807) is 0 Å². The molecule has 0 aromatic heterocycles. The molecule has 1 atom stereocenters. The predicted molar refractivity (Wildman–Crippen MR) is 242 cm³/mol. The minimum atomic E-state index is -0.817. The van der Waals surface area contributed by atoms with E-state index >= 15 is 0 Å². The molecule has 0 unspecified atom stereocenters. The van der Waals surface area contributed by atoms with Gasteiger partial charge in [0.05, 0.1) is 6.54 Å². The minimum Gasteiger partial charge on any atom is -0.463 e. The van der Waals surface area contributed by atoms with E-state index in [2.05, 4.69) is 21.3 Å². The Morgan fingerprint density at radius 3 is 1.46 bits per heavy atom. The molecule has 0 saturated carbocycles. The Kier molecular flexibility index (Phi) is 21.6. The minimum absolute atomic E-state index is 0.00797. The summed E-state index contributed by atoms with van der Waals surface area (Å²) in [6, 6.07) is 39.0. The van der Waals surface area contributed by atoms with Crippen LogP contribution in [0.25, 0.3) is 0 Å². The Bertz CT molecular complexity index is 1840. The fourth-order valence-electron chi connectivity index (χ4n) is 7.17. The highest BCUT2D eigenvalue weighted by Gasteiger charge is 2.26. The van der Waals surface area contributed by atoms with E-state index in [1.807, 2.05) is 135 Å². The largest absolute Gasteiger partial charge is 0.463 e. The molecule has 0 fully saturated rings. The van der Waals surface area contributed by atoms with Crippen molar-refractivity contribution in [1.82, 2.24) is 21.3 Å². The molecule has 0 aliphatic rings. The lowest BCUT2D eigenvalue weighted by Gasteiger charge is -2.22. The fourth-order valence-corrected chi connectivity index (χ4v) is 7.17. The third kappa shape index (κ3) is 18.8. The Labute approximate surface area is 362 Å². The van der Waals surface area contributed by atoms with Crippen molar-refractivity contribution >= 4 is 29.6 Å². The zero-order chi connectivity index (χ0) is 43.5. The zero-order valence-electron chi connectivity index (χ0n) is 35.9. The molecule has 0 heterocycles. The second kappa shape index (κ2) is 27.7. The van der Waals surface area contributed by atoms with Crippen LogP contribution in [0, 0.1) is 5.92 Å². The second-order valence-corrected chi connectivity index (χ2v) is 15.9. The number of carbonyl (C=O) groups is 5. The molecule has 4 rings (SSSR count). The number of nitrogens with one attached hydrogen (secondary N) is 4. The van der Waals surface area contributed by atoms with Crippen LogP contribution < -0.4 is 21.3 Å². The number of amides is 4. The van der Waals surface area contributed by atoms with E-state index in [4.69, 9.17) is 4.74 Å². The van der Waals surface area contributed by atoms with Gasteiger partial charge < -0.3 is 26.0 Å². The van der Waals surface area contributed by atoms with Crippen LogP contribution in [0.5, 0.6) is 0 Å². The van der Waals surface area contributed by atoms with E-state index in [-0.39, 0.29) is 48.6 Å². The molecule has 0 saturated heterocycles. The number of esters is 1. The molecule has 0 spiro atoms. The van der Waals surface area contributed by atoms with Gasteiger partial charge in [-0.05, 0) is 47.4 Å². The standard InChI is InChI=1S/C51H64N4O6/c1-39(2)35-46(51(60)61-38-45(42-27-17-11-18-28-42)43-29-19-12-20-30-43)55-50(59)37-54-47(56)31-21-7-5-3-4-6-8-22-34-52-48(57)32-33-49(58)53-36-44(40-23-13-9-14-24-40)41-25-15-10-16-26-41/h9-20,23-30,32-33,39,44-46H,3-8,21-22,31,34-38H2,1-2H3,(H,52,57)(H,53,58)(H,54,56)(H,55,59)/b33-32-/t46-/m0/s1.